The minimum absolute atomic E-state index is 0.264. The fourth-order valence-electron chi connectivity index (χ4n) is 1.50. The summed E-state index contributed by atoms with van der Waals surface area (Å²) in [5.41, 5.74) is 1.72. The number of aromatic nitrogens is 1. The Balaban J connectivity index is 2.02. The van der Waals surface area contributed by atoms with Gasteiger partial charge in [0.25, 0.3) is 5.91 Å². The Morgan fingerprint density at radius 1 is 1.32 bits per heavy atom. The molecule has 0 saturated carbocycles. The highest BCUT2D eigenvalue weighted by Crippen LogP contribution is 2.15. The van der Waals surface area contributed by atoms with Crippen LogP contribution in [0.3, 0.4) is 0 Å². The summed E-state index contributed by atoms with van der Waals surface area (Å²) in [5, 5.41) is 11.4. The molecule has 5 heteroatoms. The molecule has 0 radical (unpaired) electrons. The van der Waals surface area contributed by atoms with Crippen molar-refractivity contribution < 1.29 is 4.79 Å². The summed E-state index contributed by atoms with van der Waals surface area (Å²) in [4.78, 5) is 15.8. The molecule has 0 saturated heterocycles. The highest BCUT2D eigenvalue weighted by molar-refractivity contribution is 9.10. The lowest BCUT2D eigenvalue weighted by Crippen LogP contribution is -2.23. The first kappa shape index (κ1) is 13.2. The molecule has 0 spiro atoms. The van der Waals surface area contributed by atoms with E-state index in [4.69, 9.17) is 5.26 Å². The number of halogens is 1. The molecule has 1 N–H and O–H groups in total. The Hall–Kier alpha value is -2.19. The average Bonchev–Trinajstić information content (AvgIpc) is 2.46. The number of pyridine rings is 1. The standard InChI is InChI=1S/C14H10BrN3O/c15-12-4-2-1-3-11(12)9-18-14(19)13-6-5-10(7-16)8-17-13/h1-6,8H,9H2,(H,18,19). The van der Waals surface area contributed by atoms with Gasteiger partial charge in [0, 0.05) is 17.2 Å². The van der Waals surface area contributed by atoms with Gasteiger partial charge in [-0.3, -0.25) is 4.79 Å². The van der Waals surface area contributed by atoms with E-state index >= 15 is 0 Å². The number of carbonyl (C=O) groups is 1. The molecule has 1 heterocycles. The third-order valence-corrected chi connectivity index (χ3v) is 3.30. The molecule has 0 atom stereocenters. The van der Waals surface area contributed by atoms with E-state index < -0.39 is 0 Å². The van der Waals surface area contributed by atoms with Crippen molar-refractivity contribution in [2.45, 2.75) is 6.54 Å². The second kappa shape index (κ2) is 6.12. The van der Waals surface area contributed by atoms with E-state index in [2.05, 4.69) is 26.2 Å². The number of amides is 1. The largest absolute Gasteiger partial charge is 0.347 e. The van der Waals surface area contributed by atoms with Crippen LogP contribution in [0.2, 0.25) is 0 Å². The van der Waals surface area contributed by atoms with Crippen LogP contribution in [0.1, 0.15) is 21.6 Å². The molecule has 2 rings (SSSR count). The molecular weight excluding hydrogens is 306 g/mol. The predicted octanol–water partition coefficient (Wildman–Crippen LogP) is 2.65. The molecular formula is C14H10BrN3O. The second-order valence-electron chi connectivity index (χ2n) is 3.82. The van der Waals surface area contributed by atoms with Gasteiger partial charge in [0.05, 0.1) is 5.56 Å². The number of carbonyl (C=O) groups excluding carboxylic acids is 1. The summed E-state index contributed by atoms with van der Waals surface area (Å²) in [6.07, 6.45) is 1.38. The minimum Gasteiger partial charge on any atom is -0.347 e. The summed E-state index contributed by atoms with van der Waals surface area (Å²) in [5.74, 6) is -0.264. The van der Waals surface area contributed by atoms with E-state index in [1.807, 2.05) is 30.3 Å². The first-order valence-electron chi connectivity index (χ1n) is 5.58. The third kappa shape index (κ3) is 3.39. The van der Waals surface area contributed by atoms with E-state index in [1.54, 1.807) is 6.07 Å². The fourth-order valence-corrected chi connectivity index (χ4v) is 1.93. The van der Waals surface area contributed by atoms with Crippen molar-refractivity contribution >= 4 is 21.8 Å². The zero-order chi connectivity index (χ0) is 13.7. The van der Waals surface area contributed by atoms with Crippen LogP contribution in [0.25, 0.3) is 0 Å². The first-order chi connectivity index (χ1) is 9.20. The predicted molar refractivity (Wildman–Crippen MR) is 74.3 cm³/mol. The summed E-state index contributed by atoms with van der Waals surface area (Å²) in [7, 11) is 0. The molecule has 0 fully saturated rings. The second-order valence-corrected chi connectivity index (χ2v) is 4.67. The lowest BCUT2D eigenvalue weighted by molar-refractivity contribution is 0.0946. The highest BCUT2D eigenvalue weighted by atomic mass is 79.9. The van der Waals surface area contributed by atoms with Gasteiger partial charge in [0.15, 0.2) is 0 Å². The van der Waals surface area contributed by atoms with Crippen molar-refractivity contribution in [1.29, 1.82) is 5.26 Å². The zero-order valence-corrected chi connectivity index (χ0v) is 11.5. The molecule has 0 unspecified atom stereocenters. The van der Waals surface area contributed by atoms with Crippen molar-refractivity contribution in [1.82, 2.24) is 10.3 Å². The molecule has 4 nitrogen and oxygen atoms in total. The highest BCUT2D eigenvalue weighted by Gasteiger charge is 2.07. The smallest absolute Gasteiger partial charge is 0.270 e. The topological polar surface area (TPSA) is 65.8 Å². The Morgan fingerprint density at radius 3 is 2.74 bits per heavy atom. The molecule has 19 heavy (non-hydrogen) atoms. The van der Waals surface area contributed by atoms with Gasteiger partial charge in [-0.15, -0.1) is 0 Å². The maximum atomic E-state index is 11.9. The number of hydrogen-bond donors (Lipinski definition) is 1. The van der Waals surface area contributed by atoms with Crippen LogP contribution in [-0.2, 0) is 6.54 Å². The van der Waals surface area contributed by atoms with Gasteiger partial charge < -0.3 is 5.32 Å². The van der Waals surface area contributed by atoms with Crippen molar-refractivity contribution in [3.63, 3.8) is 0 Å². The molecule has 1 aromatic carbocycles. The van der Waals surface area contributed by atoms with Crippen LogP contribution >= 0.6 is 15.9 Å². The van der Waals surface area contributed by atoms with E-state index in [-0.39, 0.29) is 5.91 Å². The van der Waals surface area contributed by atoms with Gasteiger partial charge in [0.1, 0.15) is 11.8 Å². The first-order valence-corrected chi connectivity index (χ1v) is 6.38. The van der Waals surface area contributed by atoms with E-state index in [1.165, 1.54) is 12.3 Å². The van der Waals surface area contributed by atoms with Crippen LogP contribution < -0.4 is 5.32 Å². The Labute approximate surface area is 119 Å². The van der Waals surface area contributed by atoms with Gasteiger partial charge in [-0.1, -0.05) is 34.1 Å². The van der Waals surface area contributed by atoms with E-state index in [0.717, 1.165) is 10.0 Å². The lowest BCUT2D eigenvalue weighted by atomic mass is 10.2. The van der Waals surface area contributed by atoms with Gasteiger partial charge in [-0.2, -0.15) is 5.26 Å². The van der Waals surface area contributed by atoms with Crippen molar-refractivity contribution in [2.75, 3.05) is 0 Å². The summed E-state index contributed by atoms with van der Waals surface area (Å²) in [6, 6.07) is 12.7. The number of nitrogens with zero attached hydrogens (tertiary/aromatic N) is 2. The third-order valence-electron chi connectivity index (χ3n) is 2.52. The van der Waals surface area contributed by atoms with Crippen LogP contribution in [0, 0.1) is 11.3 Å². The zero-order valence-electron chi connectivity index (χ0n) is 9.93. The van der Waals surface area contributed by atoms with Crippen LogP contribution in [0.15, 0.2) is 47.1 Å². The molecule has 1 aromatic heterocycles. The number of nitriles is 1. The molecule has 0 bridgehead atoms. The molecule has 0 aliphatic heterocycles. The van der Waals surface area contributed by atoms with Crippen molar-refractivity contribution in [3.8, 4) is 6.07 Å². The lowest BCUT2D eigenvalue weighted by Gasteiger charge is -2.06. The number of hydrogen-bond acceptors (Lipinski definition) is 3. The summed E-state index contributed by atoms with van der Waals surface area (Å²) in [6.45, 7) is 0.419. The van der Waals surface area contributed by atoms with Crippen LogP contribution in [-0.4, -0.2) is 10.9 Å². The maximum Gasteiger partial charge on any atom is 0.270 e. The van der Waals surface area contributed by atoms with Crippen LogP contribution in [0.4, 0.5) is 0 Å². The number of nitrogens with one attached hydrogen (secondary N) is 1. The SMILES string of the molecule is N#Cc1ccc(C(=O)NCc2ccccc2Br)nc1. The number of rotatable bonds is 3. The van der Waals surface area contributed by atoms with E-state index in [9.17, 15) is 4.79 Å². The van der Waals surface area contributed by atoms with Gasteiger partial charge in [0.2, 0.25) is 0 Å². The number of benzene rings is 1. The van der Waals surface area contributed by atoms with E-state index in [0.29, 0.717) is 17.8 Å². The van der Waals surface area contributed by atoms with Crippen LogP contribution in [0.5, 0.6) is 0 Å². The van der Waals surface area contributed by atoms with Crippen molar-refractivity contribution in [2.24, 2.45) is 0 Å². The fraction of sp³-hybridized carbons (Fsp3) is 0.0714. The Morgan fingerprint density at radius 2 is 2.11 bits per heavy atom. The maximum absolute atomic E-state index is 11.9. The Bertz CT molecular complexity index is 632. The van der Waals surface area contributed by atoms with Crippen molar-refractivity contribution in [3.05, 3.63) is 63.9 Å². The average molecular weight is 316 g/mol. The molecule has 0 aliphatic carbocycles. The minimum atomic E-state index is -0.264. The molecule has 1 amide bonds. The quantitative estimate of drug-likeness (QED) is 0.946. The van der Waals surface area contributed by atoms with Gasteiger partial charge >= 0.3 is 0 Å². The van der Waals surface area contributed by atoms with Gasteiger partial charge in [-0.05, 0) is 23.8 Å². The normalized spacial score (nSPS) is 9.68. The molecule has 2 aromatic rings. The molecule has 94 valence electrons. The summed E-state index contributed by atoms with van der Waals surface area (Å²) >= 11 is 3.42. The summed E-state index contributed by atoms with van der Waals surface area (Å²) < 4.78 is 0.947. The Kier molecular flexibility index (Phi) is 4.26. The monoisotopic (exact) mass is 315 g/mol. The van der Waals surface area contributed by atoms with Gasteiger partial charge in [-0.25, -0.2) is 4.98 Å². The molecule has 0 aliphatic rings.